The highest BCUT2D eigenvalue weighted by atomic mass is 16.1. The molecule has 1 N–H and O–H groups in total. The van der Waals surface area contributed by atoms with Crippen LogP contribution in [0.2, 0.25) is 0 Å². The van der Waals surface area contributed by atoms with Crippen molar-refractivity contribution >= 4 is 28.7 Å². The largest absolute Gasteiger partial charge is 0.307 e. The van der Waals surface area contributed by atoms with E-state index in [0.717, 1.165) is 16.6 Å². The Morgan fingerprint density at radius 2 is 2.05 bits per heavy atom. The van der Waals surface area contributed by atoms with E-state index in [1.807, 2.05) is 43.4 Å². The number of anilines is 1. The molecule has 3 aromatic rings. The Balaban J connectivity index is 1.74. The molecule has 21 heavy (non-hydrogen) atoms. The Labute approximate surface area is 121 Å². The number of hydrogen-bond acceptors (Lipinski definition) is 3. The van der Waals surface area contributed by atoms with Crippen LogP contribution in [-0.2, 0) is 11.8 Å². The maximum Gasteiger partial charge on any atom is 0.249 e. The molecule has 0 radical (unpaired) electrons. The van der Waals surface area contributed by atoms with Gasteiger partial charge in [-0.15, -0.1) is 0 Å². The summed E-state index contributed by atoms with van der Waals surface area (Å²) in [6, 6.07) is 13.3. The van der Waals surface area contributed by atoms with Crippen LogP contribution in [0.3, 0.4) is 0 Å². The second kappa shape index (κ2) is 5.58. The van der Waals surface area contributed by atoms with Gasteiger partial charge in [0.1, 0.15) is 5.82 Å². The molecule has 2 aromatic heterocycles. The van der Waals surface area contributed by atoms with Gasteiger partial charge in [0.25, 0.3) is 0 Å². The average molecular weight is 278 g/mol. The van der Waals surface area contributed by atoms with Crippen molar-refractivity contribution in [2.75, 3.05) is 5.32 Å². The summed E-state index contributed by atoms with van der Waals surface area (Å²) in [6.45, 7) is 0. The number of aryl methyl sites for hydroxylation is 1. The molecule has 0 aliphatic carbocycles. The highest BCUT2D eigenvalue weighted by Gasteiger charge is 2.01. The lowest BCUT2D eigenvalue weighted by atomic mass is 10.2. The van der Waals surface area contributed by atoms with E-state index in [4.69, 9.17) is 0 Å². The van der Waals surface area contributed by atoms with Gasteiger partial charge in [0, 0.05) is 24.7 Å². The van der Waals surface area contributed by atoms with E-state index < -0.39 is 0 Å². The number of rotatable bonds is 3. The molecular formula is C16H14N4O. The number of benzene rings is 1. The second-order valence-electron chi connectivity index (χ2n) is 4.59. The molecule has 2 heterocycles. The van der Waals surface area contributed by atoms with Gasteiger partial charge in [-0.25, -0.2) is 4.98 Å². The van der Waals surface area contributed by atoms with Crippen LogP contribution < -0.4 is 5.32 Å². The van der Waals surface area contributed by atoms with Gasteiger partial charge in [-0.05, 0) is 30.3 Å². The van der Waals surface area contributed by atoms with Crippen molar-refractivity contribution in [2.45, 2.75) is 0 Å². The standard InChI is InChI=1S/C16H14N4O/c1-20-13(10-11-17-20)7-9-16(21)19-15-8-6-12-4-2-3-5-14(12)18-15/h2-11H,1H3,(H,18,19,21). The van der Waals surface area contributed by atoms with Crippen molar-refractivity contribution in [2.24, 2.45) is 7.05 Å². The zero-order chi connectivity index (χ0) is 14.7. The van der Waals surface area contributed by atoms with E-state index in [0.29, 0.717) is 5.82 Å². The molecule has 0 unspecified atom stereocenters. The molecule has 0 saturated carbocycles. The maximum absolute atomic E-state index is 11.9. The molecule has 1 amide bonds. The molecule has 0 atom stereocenters. The van der Waals surface area contributed by atoms with Gasteiger partial charge in [-0.2, -0.15) is 5.10 Å². The van der Waals surface area contributed by atoms with Crippen LogP contribution in [0.15, 0.2) is 54.7 Å². The van der Waals surface area contributed by atoms with E-state index in [9.17, 15) is 4.79 Å². The summed E-state index contributed by atoms with van der Waals surface area (Å²) < 4.78 is 1.69. The van der Waals surface area contributed by atoms with Crippen molar-refractivity contribution in [1.82, 2.24) is 14.8 Å². The molecule has 0 fully saturated rings. The average Bonchev–Trinajstić information content (AvgIpc) is 2.90. The Morgan fingerprint density at radius 3 is 2.86 bits per heavy atom. The molecule has 104 valence electrons. The number of hydrogen-bond donors (Lipinski definition) is 1. The molecule has 0 aliphatic heterocycles. The fourth-order valence-corrected chi connectivity index (χ4v) is 2.01. The first-order chi connectivity index (χ1) is 10.2. The van der Waals surface area contributed by atoms with Crippen molar-refractivity contribution in [3.63, 3.8) is 0 Å². The van der Waals surface area contributed by atoms with Crippen molar-refractivity contribution < 1.29 is 4.79 Å². The summed E-state index contributed by atoms with van der Waals surface area (Å²) in [5, 5.41) is 7.83. The zero-order valence-corrected chi connectivity index (χ0v) is 11.5. The minimum Gasteiger partial charge on any atom is -0.307 e. The van der Waals surface area contributed by atoms with Gasteiger partial charge >= 0.3 is 0 Å². The van der Waals surface area contributed by atoms with Crippen LogP contribution >= 0.6 is 0 Å². The molecule has 5 nitrogen and oxygen atoms in total. The SMILES string of the molecule is Cn1nccc1C=CC(=O)Nc1ccc2ccccc2n1. The number of pyridine rings is 1. The predicted molar refractivity (Wildman–Crippen MR) is 82.6 cm³/mol. The molecule has 1 aromatic carbocycles. The lowest BCUT2D eigenvalue weighted by Crippen LogP contribution is -2.09. The Kier molecular flexibility index (Phi) is 3.47. The normalized spacial score (nSPS) is 11.1. The third-order valence-corrected chi connectivity index (χ3v) is 3.11. The number of carbonyl (C=O) groups excluding carboxylic acids is 1. The smallest absolute Gasteiger partial charge is 0.249 e. The summed E-state index contributed by atoms with van der Waals surface area (Å²) in [5.74, 6) is 0.312. The van der Waals surface area contributed by atoms with Gasteiger partial charge in [0.2, 0.25) is 5.91 Å². The Morgan fingerprint density at radius 1 is 1.19 bits per heavy atom. The topological polar surface area (TPSA) is 59.8 Å². The summed E-state index contributed by atoms with van der Waals surface area (Å²) in [7, 11) is 1.82. The first-order valence-corrected chi connectivity index (χ1v) is 6.55. The second-order valence-corrected chi connectivity index (χ2v) is 4.59. The summed E-state index contributed by atoms with van der Waals surface area (Å²) in [4.78, 5) is 16.3. The lowest BCUT2D eigenvalue weighted by Gasteiger charge is -2.03. The Bertz CT molecular complexity index is 820. The van der Waals surface area contributed by atoms with E-state index >= 15 is 0 Å². The van der Waals surface area contributed by atoms with Gasteiger partial charge in [-0.3, -0.25) is 9.48 Å². The number of para-hydroxylation sites is 1. The van der Waals surface area contributed by atoms with E-state index in [-0.39, 0.29) is 5.91 Å². The van der Waals surface area contributed by atoms with E-state index in [1.165, 1.54) is 6.08 Å². The minimum absolute atomic E-state index is 0.223. The summed E-state index contributed by atoms with van der Waals surface area (Å²) in [5.41, 5.74) is 1.71. The highest BCUT2D eigenvalue weighted by Crippen LogP contribution is 2.14. The van der Waals surface area contributed by atoms with Gasteiger partial charge in [0.15, 0.2) is 0 Å². The molecule has 0 saturated heterocycles. The van der Waals surface area contributed by atoms with E-state index in [2.05, 4.69) is 15.4 Å². The molecule has 3 rings (SSSR count). The van der Waals surface area contributed by atoms with Crippen LogP contribution in [0, 0.1) is 0 Å². The number of aromatic nitrogens is 3. The van der Waals surface area contributed by atoms with E-state index in [1.54, 1.807) is 23.0 Å². The maximum atomic E-state index is 11.9. The van der Waals surface area contributed by atoms with Crippen molar-refractivity contribution in [1.29, 1.82) is 0 Å². The minimum atomic E-state index is -0.223. The molecule has 0 spiro atoms. The lowest BCUT2D eigenvalue weighted by molar-refractivity contribution is -0.111. The molecule has 0 aliphatic rings. The van der Waals surface area contributed by atoms with Crippen molar-refractivity contribution in [3.05, 3.63) is 60.4 Å². The van der Waals surface area contributed by atoms with Crippen LogP contribution in [0.4, 0.5) is 5.82 Å². The zero-order valence-electron chi connectivity index (χ0n) is 11.5. The monoisotopic (exact) mass is 278 g/mol. The van der Waals surface area contributed by atoms with Gasteiger partial charge < -0.3 is 5.32 Å². The number of fused-ring (bicyclic) bond motifs is 1. The van der Waals surface area contributed by atoms with Crippen molar-refractivity contribution in [3.8, 4) is 0 Å². The van der Waals surface area contributed by atoms with Gasteiger partial charge in [0.05, 0.1) is 11.2 Å². The molecule has 0 bridgehead atoms. The molecule has 5 heteroatoms. The van der Waals surface area contributed by atoms with Crippen LogP contribution in [0.1, 0.15) is 5.69 Å². The predicted octanol–water partition coefficient (Wildman–Crippen LogP) is 2.62. The fraction of sp³-hybridized carbons (Fsp3) is 0.0625. The highest BCUT2D eigenvalue weighted by molar-refractivity contribution is 6.01. The number of nitrogens with zero attached hydrogens (tertiary/aromatic N) is 3. The van der Waals surface area contributed by atoms with Crippen LogP contribution in [0.5, 0.6) is 0 Å². The summed E-state index contributed by atoms with van der Waals surface area (Å²) >= 11 is 0. The quantitative estimate of drug-likeness (QED) is 0.749. The van der Waals surface area contributed by atoms with Crippen LogP contribution in [0.25, 0.3) is 17.0 Å². The number of carbonyl (C=O) groups is 1. The number of nitrogens with one attached hydrogen (secondary N) is 1. The first-order valence-electron chi connectivity index (χ1n) is 6.55. The third-order valence-electron chi connectivity index (χ3n) is 3.11. The molecular weight excluding hydrogens is 264 g/mol. The van der Waals surface area contributed by atoms with Gasteiger partial charge in [-0.1, -0.05) is 18.2 Å². The first kappa shape index (κ1) is 13.1. The Hall–Kier alpha value is -2.95. The third kappa shape index (κ3) is 2.97. The number of amides is 1. The summed E-state index contributed by atoms with van der Waals surface area (Å²) in [6.07, 6.45) is 4.86. The fourth-order valence-electron chi connectivity index (χ4n) is 2.01. The van der Waals surface area contributed by atoms with Crippen LogP contribution in [-0.4, -0.2) is 20.7 Å².